The first-order valence-electron chi connectivity index (χ1n) is 9.78. The van der Waals surface area contributed by atoms with Crippen LogP contribution in [-0.4, -0.2) is 42.2 Å². The van der Waals surface area contributed by atoms with E-state index in [0.717, 1.165) is 55.4 Å². The maximum atomic E-state index is 12.3. The summed E-state index contributed by atoms with van der Waals surface area (Å²) in [4.78, 5) is 18.7. The van der Waals surface area contributed by atoms with Crippen LogP contribution in [0.2, 0.25) is 0 Å². The number of hydrogen-bond acceptors (Lipinski definition) is 6. The lowest BCUT2D eigenvalue weighted by Crippen LogP contribution is -2.40. The van der Waals surface area contributed by atoms with Crippen LogP contribution in [0, 0.1) is 0 Å². The van der Waals surface area contributed by atoms with Crippen molar-refractivity contribution in [3.8, 4) is 16.9 Å². The summed E-state index contributed by atoms with van der Waals surface area (Å²) in [6.07, 6.45) is 6.46. The van der Waals surface area contributed by atoms with Crippen molar-refractivity contribution in [2.75, 3.05) is 26.2 Å². The molecule has 1 aliphatic heterocycles. The molecule has 0 aliphatic carbocycles. The van der Waals surface area contributed by atoms with Gasteiger partial charge in [0.2, 0.25) is 5.75 Å². The van der Waals surface area contributed by atoms with E-state index < -0.39 is 5.63 Å². The largest absolute Gasteiger partial charge is 0.486 e. The fourth-order valence-corrected chi connectivity index (χ4v) is 3.56. The molecule has 0 radical (unpaired) electrons. The molecule has 2 N–H and O–H groups in total. The van der Waals surface area contributed by atoms with Gasteiger partial charge in [0.15, 0.2) is 0 Å². The summed E-state index contributed by atoms with van der Waals surface area (Å²) in [6, 6.07) is 11.8. The van der Waals surface area contributed by atoms with Gasteiger partial charge >= 0.3 is 5.63 Å². The summed E-state index contributed by atoms with van der Waals surface area (Å²) >= 11 is 0. The summed E-state index contributed by atoms with van der Waals surface area (Å²) < 4.78 is 11.2. The van der Waals surface area contributed by atoms with Gasteiger partial charge in [-0.05, 0) is 67.7 Å². The number of benzene rings is 1. The number of aromatic nitrogens is 1. The van der Waals surface area contributed by atoms with E-state index in [-0.39, 0.29) is 5.75 Å². The Hall–Kier alpha value is -2.70. The molecule has 3 heterocycles. The Labute approximate surface area is 163 Å². The number of piperidine rings is 1. The molecule has 0 saturated carbocycles. The van der Waals surface area contributed by atoms with Gasteiger partial charge < -0.3 is 19.8 Å². The number of pyridine rings is 1. The third-order valence-corrected chi connectivity index (χ3v) is 5.23. The molecule has 4 rings (SSSR count). The van der Waals surface area contributed by atoms with Crippen molar-refractivity contribution in [2.45, 2.75) is 25.3 Å². The maximum absolute atomic E-state index is 12.3. The Morgan fingerprint density at radius 1 is 1.11 bits per heavy atom. The standard InChI is InChI=1S/C22H25N3O3/c23-19-6-11-25(12-7-19)10-1-13-27-21-15-18-3-2-17(14-20(18)28-22(21)26)16-4-8-24-9-5-16/h2-5,8-9,14-15,19H,1,6-7,10-13,23H2. The molecule has 28 heavy (non-hydrogen) atoms. The second kappa shape index (κ2) is 8.54. The lowest BCUT2D eigenvalue weighted by molar-refractivity contribution is 0.192. The minimum Gasteiger partial charge on any atom is -0.486 e. The highest BCUT2D eigenvalue weighted by molar-refractivity contribution is 5.83. The van der Waals surface area contributed by atoms with Gasteiger partial charge in [0, 0.05) is 30.4 Å². The van der Waals surface area contributed by atoms with Gasteiger partial charge in [-0.15, -0.1) is 0 Å². The Kier molecular flexibility index (Phi) is 5.69. The van der Waals surface area contributed by atoms with Crippen molar-refractivity contribution in [1.29, 1.82) is 0 Å². The van der Waals surface area contributed by atoms with E-state index in [2.05, 4.69) is 9.88 Å². The maximum Gasteiger partial charge on any atom is 0.379 e. The van der Waals surface area contributed by atoms with Crippen molar-refractivity contribution in [2.24, 2.45) is 5.73 Å². The smallest absolute Gasteiger partial charge is 0.379 e. The lowest BCUT2D eigenvalue weighted by Gasteiger charge is -2.29. The van der Waals surface area contributed by atoms with Gasteiger partial charge in [-0.25, -0.2) is 4.79 Å². The first-order chi connectivity index (χ1) is 13.7. The Balaban J connectivity index is 1.39. The first kappa shape index (κ1) is 18.7. The van der Waals surface area contributed by atoms with Crippen molar-refractivity contribution in [1.82, 2.24) is 9.88 Å². The van der Waals surface area contributed by atoms with Crippen molar-refractivity contribution < 1.29 is 9.15 Å². The van der Waals surface area contributed by atoms with Crippen LogP contribution in [0.15, 0.2) is 58.0 Å². The summed E-state index contributed by atoms with van der Waals surface area (Å²) in [5, 5.41) is 0.845. The summed E-state index contributed by atoms with van der Waals surface area (Å²) in [7, 11) is 0. The number of nitrogens with zero attached hydrogens (tertiary/aromatic N) is 2. The molecule has 3 aromatic rings. The average molecular weight is 379 g/mol. The molecule has 0 bridgehead atoms. The van der Waals surface area contributed by atoms with E-state index in [9.17, 15) is 4.79 Å². The molecule has 1 aliphatic rings. The Bertz CT molecular complexity index is 979. The molecule has 0 amide bonds. The van der Waals surface area contributed by atoms with Crippen LogP contribution in [-0.2, 0) is 0 Å². The van der Waals surface area contributed by atoms with Crippen molar-refractivity contribution in [3.63, 3.8) is 0 Å². The SMILES string of the molecule is NC1CCN(CCCOc2cc3ccc(-c4ccncc4)cc3oc2=O)CC1. The lowest BCUT2D eigenvalue weighted by atomic mass is 10.1. The molecule has 1 aromatic carbocycles. The molecular formula is C22H25N3O3. The molecule has 1 fully saturated rings. The quantitative estimate of drug-likeness (QED) is 0.524. The number of nitrogens with two attached hydrogens (primary N) is 1. The number of hydrogen-bond donors (Lipinski definition) is 1. The minimum atomic E-state index is -0.441. The number of fused-ring (bicyclic) bond motifs is 1. The first-order valence-corrected chi connectivity index (χ1v) is 9.78. The van der Waals surface area contributed by atoms with E-state index in [1.165, 1.54) is 0 Å². The predicted molar refractivity (Wildman–Crippen MR) is 109 cm³/mol. The average Bonchev–Trinajstić information content (AvgIpc) is 2.73. The second-order valence-corrected chi connectivity index (χ2v) is 7.27. The van der Waals surface area contributed by atoms with E-state index in [1.807, 2.05) is 30.3 Å². The van der Waals surface area contributed by atoms with E-state index in [0.29, 0.717) is 18.2 Å². The number of rotatable bonds is 6. The topological polar surface area (TPSA) is 81.6 Å². The molecule has 0 spiro atoms. The van der Waals surface area contributed by atoms with Crippen LogP contribution in [0.5, 0.6) is 5.75 Å². The van der Waals surface area contributed by atoms with Crippen LogP contribution < -0.4 is 16.1 Å². The zero-order valence-corrected chi connectivity index (χ0v) is 15.8. The normalized spacial score (nSPS) is 15.8. The summed E-state index contributed by atoms with van der Waals surface area (Å²) in [5.74, 6) is 0.268. The molecule has 6 nitrogen and oxygen atoms in total. The van der Waals surface area contributed by atoms with Crippen LogP contribution in [0.4, 0.5) is 0 Å². The number of likely N-dealkylation sites (tertiary alicyclic amines) is 1. The van der Waals surface area contributed by atoms with Crippen LogP contribution in [0.1, 0.15) is 19.3 Å². The molecule has 0 atom stereocenters. The van der Waals surface area contributed by atoms with Crippen molar-refractivity contribution in [3.05, 3.63) is 59.2 Å². The fourth-order valence-electron chi connectivity index (χ4n) is 3.56. The zero-order valence-electron chi connectivity index (χ0n) is 15.8. The van der Waals surface area contributed by atoms with Gasteiger partial charge in [0.25, 0.3) is 0 Å². The molecular weight excluding hydrogens is 354 g/mol. The predicted octanol–water partition coefficient (Wildman–Crippen LogP) is 3.05. The van der Waals surface area contributed by atoms with Gasteiger partial charge in [0.05, 0.1) is 6.61 Å². The second-order valence-electron chi connectivity index (χ2n) is 7.27. The van der Waals surface area contributed by atoms with Crippen LogP contribution in [0.25, 0.3) is 22.1 Å². The molecule has 1 saturated heterocycles. The third-order valence-electron chi connectivity index (χ3n) is 5.23. The van der Waals surface area contributed by atoms with E-state index >= 15 is 0 Å². The highest BCUT2D eigenvalue weighted by Crippen LogP contribution is 2.25. The Morgan fingerprint density at radius 2 is 1.89 bits per heavy atom. The van der Waals surface area contributed by atoms with Crippen LogP contribution >= 0.6 is 0 Å². The molecule has 0 unspecified atom stereocenters. The highest BCUT2D eigenvalue weighted by atomic mass is 16.5. The summed E-state index contributed by atoms with van der Waals surface area (Å²) in [5.41, 5.74) is 8.05. The number of ether oxygens (including phenoxy) is 1. The monoisotopic (exact) mass is 379 g/mol. The van der Waals surface area contributed by atoms with Crippen molar-refractivity contribution >= 4 is 11.0 Å². The highest BCUT2D eigenvalue weighted by Gasteiger charge is 2.15. The third kappa shape index (κ3) is 4.40. The van der Waals surface area contributed by atoms with Gasteiger partial charge in [-0.1, -0.05) is 12.1 Å². The van der Waals surface area contributed by atoms with E-state index in [1.54, 1.807) is 18.5 Å². The molecule has 146 valence electrons. The molecule has 6 heteroatoms. The molecule has 2 aromatic heterocycles. The van der Waals surface area contributed by atoms with Crippen LogP contribution in [0.3, 0.4) is 0 Å². The Morgan fingerprint density at radius 3 is 2.68 bits per heavy atom. The fraction of sp³-hybridized carbons (Fsp3) is 0.364. The van der Waals surface area contributed by atoms with E-state index in [4.69, 9.17) is 14.9 Å². The van der Waals surface area contributed by atoms with Gasteiger partial charge in [-0.3, -0.25) is 4.98 Å². The minimum absolute atomic E-state index is 0.268. The zero-order chi connectivity index (χ0) is 19.3. The van der Waals surface area contributed by atoms with Gasteiger partial charge in [-0.2, -0.15) is 0 Å². The summed E-state index contributed by atoms with van der Waals surface area (Å²) in [6.45, 7) is 3.53. The van der Waals surface area contributed by atoms with Gasteiger partial charge in [0.1, 0.15) is 5.58 Å².